The first kappa shape index (κ1) is 16.4. The van der Waals surface area contributed by atoms with E-state index in [1.807, 2.05) is 31.3 Å². The summed E-state index contributed by atoms with van der Waals surface area (Å²) >= 11 is 13.8. The quantitative estimate of drug-likeness (QED) is 0.831. The van der Waals surface area contributed by atoms with Gasteiger partial charge in [0.2, 0.25) is 0 Å². The summed E-state index contributed by atoms with van der Waals surface area (Å²) in [5, 5.41) is 3.84. The smallest absolute Gasteiger partial charge is 0.179 e. The van der Waals surface area contributed by atoms with Crippen LogP contribution < -0.4 is 14.8 Å². The SMILES string of the molecule is CNC(Cc1ccc(Cl)s1)c1cc(Cl)c(OC)c(OC)c1. The summed E-state index contributed by atoms with van der Waals surface area (Å²) in [5.74, 6) is 1.18. The van der Waals surface area contributed by atoms with Crippen molar-refractivity contribution in [2.75, 3.05) is 21.3 Å². The van der Waals surface area contributed by atoms with Crippen LogP contribution in [-0.2, 0) is 6.42 Å². The van der Waals surface area contributed by atoms with Crippen molar-refractivity contribution in [2.45, 2.75) is 12.5 Å². The lowest BCUT2D eigenvalue weighted by Gasteiger charge is -2.19. The Morgan fingerprint density at radius 3 is 2.48 bits per heavy atom. The molecule has 1 N–H and O–H groups in total. The van der Waals surface area contributed by atoms with E-state index in [1.165, 1.54) is 4.88 Å². The third-order valence-corrected chi connectivity index (χ3v) is 4.78. The minimum atomic E-state index is 0.122. The Morgan fingerprint density at radius 2 is 1.95 bits per heavy atom. The minimum Gasteiger partial charge on any atom is -0.493 e. The number of thiophene rings is 1. The molecule has 0 spiro atoms. The van der Waals surface area contributed by atoms with Crippen LogP contribution in [0.3, 0.4) is 0 Å². The number of hydrogen-bond donors (Lipinski definition) is 1. The molecule has 0 amide bonds. The largest absolute Gasteiger partial charge is 0.493 e. The molecule has 21 heavy (non-hydrogen) atoms. The molecule has 1 atom stereocenters. The molecule has 1 unspecified atom stereocenters. The summed E-state index contributed by atoms with van der Waals surface area (Å²) in [6.07, 6.45) is 0.833. The van der Waals surface area contributed by atoms with E-state index in [0.29, 0.717) is 16.5 Å². The van der Waals surface area contributed by atoms with Gasteiger partial charge in [-0.2, -0.15) is 0 Å². The highest BCUT2D eigenvalue weighted by Gasteiger charge is 2.17. The second-order valence-corrected chi connectivity index (χ2v) is 6.70. The first-order valence-electron chi connectivity index (χ1n) is 6.42. The molecule has 3 nitrogen and oxygen atoms in total. The van der Waals surface area contributed by atoms with E-state index < -0.39 is 0 Å². The third kappa shape index (κ3) is 3.83. The maximum atomic E-state index is 6.27. The van der Waals surface area contributed by atoms with Gasteiger partial charge in [-0.15, -0.1) is 11.3 Å². The lowest BCUT2D eigenvalue weighted by molar-refractivity contribution is 0.354. The van der Waals surface area contributed by atoms with Crippen molar-refractivity contribution in [1.29, 1.82) is 0 Å². The Labute approximate surface area is 138 Å². The van der Waals surface area contributed by atoms with E-state index >= 15 is 0 Å². The summed E-state index contributed by atoms with van der Waals surface area (Å²) in [4.78, 5) is 1.21. The van der Waals surface area contributed by atoms with Crippen LogP contribution in [0, 0.1) is 0 Å². The number of rotatable bonds is 6. The Kier molecular flexibility index (Phi) is 5.76. The summed E-state index contributed by atoms with van der Waals surface area (Å²) in [6, 6.07) is 7.92. The van der Waals surface area contributed by atoms with Gasteiger partial charge in [-0.1, -0.05) is 23.2 Å². The Hall–Kier alpha value is -0.940. The second-order valence-electron chi connectivity index (χ2n) is 4.49. The number of benzene rings is 1. The zero-order valence-electron chi connectivity index (χ0n) is 12.1. The van der Waals surface area contributed by atoms with Gasteiger partial charge in [0.1, 0.15) is 0 Å². The molecule has 2 rings (SSSR count). The molecule has 0 radical (unpaired) electrons. The van der Waals surface area contributed by atoms with E-state index in [4.69, 9.17) is 32.7 Å². The summed E-state index contributed by atoms with van der Waals surface area (Å²) in [7, 11) is 5.10. The minimum absolute atomic E-state index is 0.122. The molecule has 0 saturated heterocycles. The predicted molar refractivity (Wildman–Crippen MR) is 89.4 cm³/mol. The summed E-state index contributed by atoms with van der Waals surface area (Å²) in [6.45, 7) is 0. The molecule has 0 aliphatic heterocycles. The standard InChI is InChI=1S/C15H17Cl2NO2S/c1-18-12(8-10-4-5-14(17)21-10)9-6-11(16)15(20-3)13(7-9)19-2/h4-7,12,18H,8H2,1-3H3. The van der Waals surface area contributed by atoms with Gasteiger partial charge in [-0.05, 0) is 36.9 Å². The van der Waals surface area contributed by atoms with Crippen LogP contribution >= 0.6 is 34.5 Å². The molecule has 0 aliphatic carbocycles. The van der Waals surface area contributed by atoms with Crippen molar-refractivity contribution >= 4 is 34.5 Å². The highest BCUT2D eigenvalue weighted by atomic mass is 35.5. The molecule has 2 aromatic rings. The van der Waals surface area contributed by atoms with Crippen LogP contribution in [0.5, 0.6) is 11.5 Å². The van der Waals surface area contributed by atoms with Gasteiger partial charge in [0.15, 0.2) is 11.5 Å². The topological polar surface area (TPSA) is 30.5 Å². The van der Waals surface area contributed by atoms with Crippen LogP contribution in [-0.4, -0.2) is 21.3 Å². The van der Waals surface area contributed by atoms with Crippen LogP contribution in [0.4, 0.5) is 0 Å². The Bertz CT molecular complexity index is 616. The Morgan fingerprint density at radius 1 is 1.19 bits per heavy atom. The molecule has 114 valence electrons. The van der Waals surface area contributed by atoms with E-state index in [9.17, 15) is 0 Å². The molecule has 0 fully saturated rings. The predicted octanol–water partition coefficient (Wildman–Crippen LogP) is 4.58. The fraction of sp³-hybridized carbons (Fsp3) is 0.333. The molecular formula is C15H17Cl2NO2S. The highest BCUT2D eigenvalue weighted by Crippen LogP contribution is 2.38. The van der Waals surface area contributed by atoms with Crippen molar-refractivity contribution in [3.8, 4) is 11.5 Å². The van der Waals surface area contributed by atoms with Gasteiger partial charge < -0.3 is 14.8 Å². The van der Waals surface area contributed by atoms with Crippen molar-refractivity contribution < 1.29 is 9.47 Å². The summed E-state index contributed by atoms with van der Waals surface area (Å²) in [5.41, 5.74) is 1.05. The lowest BCUT2D eigenvalue weighted by atomic mass is 10.0. The zero-order chi connectivity index (χ0) is 15.4. The fourth-order valence-electron chi connectivity index (χ4n) is 2.19. The normalized spacial score (nSPS) is 12.2. The highest BCUT2D eigenvalue weighted by molar-refractivity contribution is 7.16. The average molecular weight is 346 g/mol. The lowest BCUT2D eigenvalue weighted by Crippen LogP contribution is -2.18. The van der Waals surface area contributed by atoms with E-state index in [1.54, 1.807) is 25.6 Å². The van der Waals surface area contributed by atoms with Gasteiger partial charge >= 0.3 is 0 Å². The van der Waals surface area contributed by atoms with Crippen LogP contribution in [0.25, 0.3) is 0 Å². The molecule has 0 aliphatic rings. The number of likely N-dealkylation sites (N-methyl/N-ethyl adjacent to an activating group) is 1. The monoisotopic (exact) mass is 345 g/mol. The molecule has 6 heteroatoms. The molecule has 1 aromatic carbocycles. The number of ether oxygens (including phenoxy) is 2. The third-order valence-electron chi connectivity index (χ3n) is 3.24. The maximum Gasteiger partial charge on any atom is 0.179 e. The molecule has 0 bridgehead atoms. The van der Waals surface area contributed by atoms with Crippen molar-refractivity contribution in [3.63, 3.8) is 0 Å². The molecule has 1 heterocycles. The van der Waals surface area contributed by atoms with Crippen molar-refractivity contribution in [3.05, 3.63) is 44.1 Å². The molecular weight excluding hydrogens is 329 g/mol. The van der Waals surface area contributed by atoms with Gasteiger partial charge in [0.05, 0.1) is 23.6 Å². The van der Waals surface area contributed by atoms with Crippen LogP contribution in [0.1, 0.15) is 16.5 Å². The van der Waals surface area contributed by atoms with E-state index in [-0.39, 0.29) is 6.04 Å². The van der Waals surface area contributed by atoms with Gasteiger partial charge in [-0.25, -0.2) is 0 Å². The maximum absolute atomic E-state index is 6.27. The number of halogens is 2. The number of methoxy groups -OCH3 is 2. The van der Waals surface area contributed by atoms with Crippen molar-refractivity contribution in [2.24, 2.45) is 0 Å². The van der Waals surface area contributed by atoms with Gasteiger partial charge in [0.25, 0.3) is 0 Å². The Balaban J connectivity index is 2.31. The van der Waals surface area contributed by atoms with Crippen LogP contribution in [0.15, 0.2) is 24.3 Å². The van der Waals surface area contributed by atoms with E-state index in [2.05, 4.69) is 5.32 Å². The second kappa shape index (κ2) is 7.36. The number of hydrogen-bond acceptors (Lipinski definition) is 4. The van der Waals surface area contributed by atoms with Gasteiger partial charge in [-0.3, -0.25) is 0 Å². The van der Waals surface area contributed by atoms with Crippen LogP contribution in [0.2, 0.25) is 9.36 Å². The van der Waals surface area contributed by atoms with E-state index in [0.717, 1.165) is 16.3 Å². The zero-order valence-corrected chi connectivity index (χ0v) is 14.4. The fourth-order valence-corrected chi connectivity index (χ4v) is 3.62. The molecule has 1 aromatic heterocycles. The average Bonchev–Trinajstić information content (AvgIpc) is 2.89. The molecule has 0 saturated carbocycles. The first-order valence-corrected chi connectivity index (χ1v) is 7.99. The summed E-state index contributed by atoms with van der Waals surface area (Å²) < 4.78 is 11.4. The van der Waals surface area contributed by atoms with Crippen molar-refractivity contribution in [1.82, 2.24) is 5.32 Å². The van der Waals surface area contributed by atoms with Gasteiger partial charge in [0, 0.05) is 17.3 Å². The number of nitrogens with one attached hydrogen (secondary N) is 1. The first-order chi connectivity index (χ1) is 10.1.